The van der Waals surface area contributed by atoms with Crippen LogP contribution in [0.3, 0.4) is 0 Å². The Kier molecular flexibility index (Phi) is 5.13. The highest BCUT2D eigenvalue weighted by Crippen LogP contribution is 2.38. The summed E-state index contributed by atoms with van der Waals surface area (Å²) in [5.41, 5.74) is 1.08. The maximum Gasteiger partial charge on any atom is 0.250 e. The lowest BCUT2D eigenvalue weighted by Crippen LogP contribution is -2.64. The van der Waals surface area contributed by atoms with E-state index in [9.17, 15) is 4.39 Å². The minimum atomic E-state index is -0.403. The molecule has 2 saturated heterocycles. The Bertz CT molecular complexity index is 722. The molecule has 2 fully saturated rings. The quantitative estimate of drug-likeness (QED) is 0.795. The number of likely N-dealkylation sites (tertiary alicyclic amines) is 1. The van der Waals surface area contributed by atoms with Crippen molar-refractivity contribution < 1.29 is 13.9 Å². The Labute approximate surface area is 153 Å². The number of nitrogens with zero attached hydrogens (tertiary/aromatic N) is 3. The van der Waals surface area contributed by atoms with E-state index in [1.54, 1.807) is 12.3 Å². The highest BCUT2D eigenvalue weighted by molar-refractivity contribution is 5.12. The Balaban J connectivity index is 1.23. The molecule has 0 N–H and O–H groups in total. The smallest absolute Gasteiger partial charge is 0.250 e. The van der Waals surface area contributed by atoms with Crippen molar-refractivity contribution in [1.82, 2.24) is 14.9 Å². The predicted molar refractivity (Wildman–Crippen MR) is 95.2 cm³/mol. The molecule has 2 aliphatic heterocycles. The van der Waals surface area contributed by atoms with Crippen LogP contribution in [0.2, 0.25) is 0 Å². The third-order valence-electron chi connectivity index (χ3n) is 5.22. The number of aromatic nitrogens is 2. The SMILES string of the molecule is Fc1cccnc1OCC[C@H]1CCOC2(C1)CN(Cc1ccccn1)C2. The molecule has 6 heteroatoms. The minimum absolute atomic E-state index is 0.0199. The number of halogens is 1. The fourth-order valence-electron chi connectivity index (χ4n) is 4.00. The van der Waals surface area contributed by atoms with Crippen molar-refractivity contribution >= 4 is 0 Å². The standard InChI is InChI=1S/C20H24FN3O2/c21-18-5-3-9-23-19(18)25-10-6-16-7-11-26-20(12-16)14-24(15-20)13-17-4-1-2-8-22-17/h1-5,8-9,16H,6-7,10-15H2/t16-/m0/s1. The van der Waals surface area contributed by atoms with E-state index in [4.69, 9.17) is 9.47 Å². The maximum atomic E-state index is 13.5. The zero-order chi connectivity index (χ0) is 17.8. The lowest BCUT2D eigenvalue weighted by molar-refractivity contribution is -0.182. The van der Waals surface area contributed by atoms with Gasteiger partial charge in [-0.1, -0.05) is 6.07 Å². The second-order valence-corrected chi connectivity index (χ2v) is 7.28. The highest BCUT2D eigenvalue weighted by atomic mass is 19.1. The van der Waals surface area contributed by atoms with Crippen molar-refractivity contribution in [3.05, 3.63) is 54.2 Å². The normalized spacial score (nSPS) is 22.1. The van der Waals surface area contributed by atoms with Gasteiger partial charge in [-0.2, -0.15) is 0 Å². The van der Waals surface area contributed by atoms with Gasteiger partial charge in [0, 0.05) is 38.6 Å². The first-order chi connectivity index (χ1) is 12.7. The zero-order valence-corrected chi connectivity index (χ0v) is 14.8. The van der Waals surface area contributed by atoms with Crippen LogP contribution in [0, 0.1) is 11.7 Å². The summed E-state index contributed by atoms with van der Waals surface area (Å²) in [4.78, 5) is 10.7. The van der Waals surface area contributed by atoms with Gasteiger partial charge in [0.25, 0.3) is 0 Å². The number of hydrogen-bond acceptors (Lipinski definition) is 5. The van der Waals surface area contributed by atoms with Crippen molar-refractivity contribution in [2.24, 2.45) is 5.92 Å². The van der Waals surface area contributed by atoms with Crippen LogP contribution < -0.4 is 4.74 Å². The molecule has 0 aliphatic carbocycles. The van der Waals surface area contributed by atoms with Crippen LogP contribution in [-0.4, -0.2) is 46.8 Å². The molecule has 0 unspecified atom stereocenters. The molecule has 0 bridgehead atoms. The third-order valence-corrected chi connectivity index (χ3v) is 5.22. The molecule has 0 saturated carbocycles. The fraction of sp³-hybridized carbons (Fsp3) is 0.500. The molecule has 2 aliphatic rings. The summed E-state index contributed by atoms with van der Waals surface area (Å²) < 4.78 is 25.2. The molecule has 5 nitrogen and oxygen atoms in total. The van der Waals surface area contributed by atoms with Gasteiger partial charge in [0.05, 0.1) is 17.9 Å². The van der Waals surface area contributed by atoms with Gasteiger partial charge in [0.1, 0.15) is 0 Å². The van der Waals surface area contributed by atoms with E-state index in [0.717, 1.165) is 51.2 Å². The van der Waals surface area contributed by atoms with Gasteiger partial charge in [-0.15, -0.1) is 0 Å². The minimum Gasteiger partial charge on any atom is -0.476 e. The largest absolute Gasteiger partial charge is 0.476 e. The summed E-state index contributed by atoms with van der Waals surface area (Å²) in [5.74, 6) is 0.243. The van der Waals surface area contributed by atoms with Gasteiger partial charge in [0.15, 0.2) is 5.82 Å². The summed E-state index contributed by atoms with van der Waals surface area (Å²) in [7, 11) is 0. The number of rotatable bonds is 6. The lowest BCUT2D eigenvalue weighted by Gasteiger charge is -2.53. The van der Waals surface area contributed by atoms with Crippen LogP contribution in [0.1, 0.15) is 25.0 Å². The van der Waals surface area contributed by atoms with Gasteiger partial charge in [0.2, 0.25) is 5.88 Å². The zero-order valence-electron chi connectivity index (χ0n) is 14.8. The molecule has 4 rings (SSSR count). The molecule has 4 heterocycles. The van der Waals surface area contributed by atoms with Gasteiger partial charge in [-0.3, -0.25) is 9.88 Å². The second-order valence-electron chi connectivity index (χ2n) is 7.28. The molecular formula is C20H24FN3O2. The molecule has 2 aromatic rings. The Hall–Kier alpha value is -2.05. The van der Waals surface area contributed by atoms with Crippen LogP contribution in [-0.2, 0) is 11.3 Å². The van der Waals surface area contributed by atoms with Crippen LogP contribution >= 0.6 is 0 Å². The first-order valence-electron chi connectivity index (χ1n) is 9.22. The molecule has 2 aromatic heterocycles. The molecule has 0 amide bonds. The van der Waals surface area contributed by atoms with Gasteiger partial charge >= 0.3 is 0 Å². The summed E-state index contributed by atoms with van der Waals surface area (Å²) >= 11 is 0. The topological polar surface area (TPSA) is 47.5 Å². The first kappa shape index (κ1) is 17.4. The number of hydrogen-bond donors (Lipinski definition) is 0. The molecule has 138 valence electrons. The van der Waals surface area contributed by atoms with Crippen LogP contribution in [0.4, 0.5) is 4.39 Å². The highest BCUT2D eigenvalue weighted by Gasteiger charge is 2.47. The number of pyridine rings is 2. The van der Waals surface area contributed by atoms with Gasteiger partial charge < -0.3 is 9.47 Å². The van der Waals surface area contributed by atoms with Crippen LogP contribution in [0.25, 0.3) is 0 Å². The van der Waals surface area contributed by atoms with Crippen molar-refractivity contribution in [3.8, 4) is 5.88 Å². The molecule has 0 radical (unpaired) electrons. The maximum absolute atomic E-state index is 13.5. The van der Waals surface area contributed by atoms with Gasteiger partial charge in [-0.25, -0.2) is 9.37 Å². The van der Waals surface area contributed by atoms with Crippen LogP contribution in [0.15, 0.2) is 42.7 Å². The van der Waals surface area contributed by atoms with E-state index >= 15 is 0 Å². The fourth-order valence-corrected chi connectivity index (χ4v) is 4.00. The van der Waals surface area contributed by atoms with Crippen molar-refractivity contribution in [2.75, 3.05) is 26.3 Å². The van der Waals surface area contributed by atoms with E-state index in [2.05, 4.69) is 20.9 Å². The van der Waals surface area contributed by atoms with Gasteiger partial charge in [-0.05, 0) is 49.4 Å². The monoisotopic (exact) mass is 357 g/mol. The summed E-state index contributed by atoms with van der Waals surface area (Å²) in [6.45, 7) is 4.07. The summed E-state index contributed by atoms with van der Waals surface area (Å²) in [6, 6.07) is 8.96. The predicted octanol–water partition coefficient (Wildman–Crippen LogP) is 3.07. The number of ether oxygens (including phenoxy) is 2. The average molecular weight is 357 g/mol. The summed E-state index contributed by atoms with van der Waals surface area (Å²) in [5, 5.41) is 0. The molecule has 26 heavy (non-hydrogen) atoms. The van der Waals surface area contributed by atoms with E-state index < -0.39 is 5.82 Å². The molecule has 1 atom stereocenters. The molecule has 0 aromatic carbocycles. The third kappa shape index (κ3) is 4.02. The lowest BCUT2D eigenvalue weighted by atomic mass is 9.79. The summed E-state index contributed by atoms with van der Waals surface area (Å²) in [6.07, 6.45) is 6.37. The molecule has 1 spiro atoms. The van der Waals surface area contributed by atoms with Crippen molar-refractivity contribution in [2.45, 2.75) is 31.4 Å². The Morgan fingerprint density at radius 1 is 1.19 bits per heavy atom. The Morgan fingerprint density at radius 3 is 2.88 bits per heavy atom. The average Bonchev–Trinajstić information content (AvgIpc) is 2.63. The van der Waals surface area contributed by atoms with E-state index in [0.29, 0.717) is 12.5 Å². The van der Waals surface area contributed by atoms with E-state index in [1.807, 2.05) is 18.3 Å². The molecular weight excluding hydrogens is 333 g/mol. The first-order valence-corrected chi connectivity index (χ1v) is 9.22. The van der Waals surface area contributed by atoms with Crippen LogP contribution in [0.5, 0.6) is 5.88 Å². The van der Waals surface area contributed by atoms with Crippen molar-refractivity contribution in [1.29, 1.82) is 0 Å². The Morgan fingerprint density at radius 2 is 2.08 bits per heavy atom. The van der Waals surface area contributed by atoms with E-state index in [-0.39, 0.29) is 11.5 Å². The van der Waals surface area contributed by atoms with Crippen molar-refractivity contribution in [3.63, 3.8) is 0 Å². The second kappa shape index (κ2) is 7.68. The van der Waals surface area contributed by atoms with E-state index in [1.165, 1.54) is 6.07 Å².